The van der Waals surface area contributed by atoms with Crippen molar-refractivity contribution in [3.05, 3.63) is 96.0 Å². The van der Waals surface area contributed by atoms with Gasteiger partial charge < -0.3 is 26.3 Å². The number of anilines is 3. The molecule has 0 saturated carbocycles. The molecule has 10 heteroatoms. The summed E-state index contributed by atoms with van der Waals surface area (Å²) in [6.45, 7) is 3.34. The number of urea groups is 1. The number of amides is 3. The van der Waals surface area contributed by atoms with Gasteiger partial charge in [-0.05, 0) is 60.2 Å². The highest BCUT2D eigenvalue weighted by Gasteiger charge is 2.14. The second-order valence-corrected chi connectivity index (χ2v) is 10.1. The van der Waals surface area contributed by atoms with Crippen molar-refractivity contribution in [2.75, 3.05) is 22.9 Å². The number of benzene rings is 2. The fourth-order valence-electron chi connectivity index (χ4n) is 4.28. The van der Waals surface area contributed by atoms with Crippen LogP contribution in [0.4, 0.5) is 22.0 Å². The summed E-state index contributed by atoms with van der Waals surface area (Å²) in [5.41, 5.74) is 11.5. The van der Waals surface area contributed by atoms with Gasteiger partial charge in [0, 0.05) is 70.3 Å². The van der Waals surface area contributed by atoms with E-state index >= 15 is 0 Å². The van der Waals surface area contributed by atoms with Gasteiger partial charge in [0.25, 0.3) is 0 Å². The van der Waals surface area contributed by atoms with E-state index in [1.807, 2.05) is 71.6 Å². The second-order valence-electron chi connectivity index (χ2n) is 9.26. The van der Waals surface area contributed by atoms with Crippen LogP contribution in [0, 0.1) is 6.92 Å². The molecule has 3 amide bonds. The first-order valence-corrected chi connectivity index (χ1v) is 13.7. The van der Waals surface area contributed by atoms with Crippen LogP contribution in [0.2, 0.25) is 0 Å². The Hall–Kier alpha value is -4.96. The summed E-state index contributed by atoms with van der Waals surface area (Å²) in [5.74, 6) is 0.258. The third kappa shape index (κ3) is 6.54. The van der Waals surface area contributed by atoms with Crippen molar-refractivity contribution in [1.29, 1.82) is 0 Å². The quantitative estimate of drug-likeness (QED) is 0.134. The van der Waals surface area contributed by atoms with E-state index in [0.717, 1.165) is 51.0 Å². The average Bonchev–Trinajstić information content (AvgIpc) is 3.62. The molecule has 3 aromatic heterocycles. The van der Waals surface area contributed by atoms with Crippen LogP contribution in [0.15, 0.2) is 84.9 Å². The first-order chi connectivity index (χ1) is 19.5. The highest BCUT2D eigenvalue weighted by molar-refractivity contribution is 7.18. The number of hydrogen-bond acceptors (Lipinski definition) is 6. The molecule has 202 valence electrons. The minimum absolute atomic E-state index is 0.165. The van der Waals surface area contributed by atoms with Crippen LogP contribution in [0.25, 0.3) is 27.3 Å². The number of carbonyl (C=O) groups excluding carboxylic acids is 2. The number of nitrogens with two attached hydrogens (primary N) is 1. The SMILES string of the molecule is Cc1cccc(NC(=O)Nc2ccc(-c3csc4c(/C=C/C(=O)NCCCn5ccnc5)cnc(N)c34)cc2)c1. The highest BCUT2D eigenvalue weighted by atomic mass is 32.1. The molecular weight excluding hydrogens is 522 g/mol. The molecule has 0 spiro atoms. The maximum Gasteiger partial charge on any atom is 0.323 e. The lowest BCUT2D eigenvalue weighted by Gasteiger charge is -2.09. The summed E-state index contributed by atoms with van der Waals surface area (Å²) in [6.07, 6.45) is 11.2. The number of rotatable bonds is 9. The van der Waals surface area contributed by atoms with E-state index in [-0.39, 0.29) is 11.9 Å². The Morgan fingerprint density at radius 3 is 2.70 bits per heavy atom. The molecule has 0 aliphatic carbocycles. The molecule has 5 N–H and O–H groups in total. The number of pyridine rings is 1. The fourth-order valence-corrected chi connectivity index (χ4v) is 5.36. The Kier molecular flexibility index (Phi) is 8.17. The van der Waals surface area contributed by atoms with E-state index in [0.29, 0.717) is 18.1 Å². The lowest BCUT2D eigenvalue weighted by molar-refractivity contribution is -0.116. The van der Waals surface area contributed by atoms with Gasteiger partial charge in [-0.15, -0.1) is 11.3 Å². The standard InChI is InChI=1S/C30H29N7O2S/c1-20-4-2-5-24(16-20)36-30(39)35-23-9-6-21(7-10-23)25-18-40-28-22(17-34-29(31)27(25)28)8-11-26(38)33-12-3-14-37-15-13-32-19-37/h2,4-11,13,15-19H,3,12,14H2,1H3,(H2,31,34)(H,33,38)(H2,35,36,39)/b11-8+. The van der Waals surface area contributed by atoms with Crippen LogP contribution in [-0.2, 0) is 11.3 Å². The molecule has 0 fully saturated rings. The van der Waals surface area contributed by atoms with Crippen LogP contribution >= 0.6 is 11.3 Å². The van der Waals surface area contributed by atoms with Gasteiger partial charge in [-0.25, -0.2) is 14.8 Å². The van der Waals surface area contributed by atoms with Gasteiger partial charge in [0.05, 0.1) is 6.33 Å². The molecule has 0 unspecified atom stereocenters. The minimum Gasteiger partial charge on any atom is -0.383 e. The molecule has 2 aromatic carbocycles. The first kappa shape index (κ1) is 26.6. The number of aromatic nitrogens is 3. The molecule has 0 aliphatic heterocycles. The predicted molar refractivity (Wildman–Crippen MR) is 162 cm³/mol. The van der Waals surface area contributed by atoms with E-state index in [2.05, 4.69) is 25.9 Å². The third-order valence-corrected chi connectivity index (χ3v) is 7.28. The number of aryl methyl sites for hydroxylation is 2. The van der Waals surface area contributed by atoms with Crippen LogP contribution in [-0.4, -0.2) is 33.0 Å². The van der Waals surface area contributed by atoms with E-state index in [9.17, 15) is 9.59 Å². The number of hydrogen-bond donors (Lipinski definition) is 4. The van der Waals surface area contributed by atoms with E-state index in [1.54, 1.807) is 36.1 Å². The Bertz CT molecular complexity index is 1660. The zero-order chi connectivity index (χ0) is 27.9. The minimum atomic E-state index is -0.313. The van der Waals surface area contributed by atoms with Crippen LogP contribution < -0.4 is 21.7 Å². The molecule has 9 nitrogen and oxygen atoms in total. The summed E-state index contributed by atoms with van der Waals surface area (Å²) >= 11 is 1.55. The summed E-state index contributed by atoms with van der Waals surface area (Å²) in [7, 11) is 0. The van der Waals surface area contributed by atoms with Crippen molar-refractivity contribution < 1.29 is 9.59 Å². The normalized spacial score (nSPS) is 11.1. The maximum absolute atomic E-state index is 12.4. The lowest BCUT2D eigenvalue weighted by atomic mass is 10.0. The maximum atomic E-state index is 12.4. The number of carbonyl (C=O) groups is 2. The number of thiophene rings is 1. The first-order valence-electron chi connectivity index (χ1n) is 12.8. The summed E-state index contributed by atoms with van der Waals surface area (Å²) in [6, 6.07) is 14.9. The second kappa shape index (κ2) is 12.3. The van der Waals surface area contributed by atoms with Crippen LogP contribution in [0.5, 0.6) is 0 Å². The molecule has 0 bridgehead atoms. The number of imidazole rings is 1. The van der Waals surface area contributed by atoms with Crippen molar-refractivity contribution >= 4 is 56.6 Å². The van der Waals surface area contributed by atoms with Gasteiger partial charge in [0.1, 0.15) is 5.82 Å². The summed E-state index contributed by atoms with van der Waals surface area (Å²) in [4.78, 5) is 33.1. The van der Waals surface area contributed by atoms with E-state index in [1.165, 1.54) is 6.08 Å². The van der Waals surface area contributed by atoms with Gasteiger partial charge >= 0.3 is 6.03 Å². The molecular formula is C30H29N7O2S. The average molecular weight is 552 g/mol. The van der Waals surface area contributed by atoms with Crippen molar-refractivity contribution in [2.24, 2.45) is 0 Å². The molecule has 0 saturated heterocycles. The van der Waals surface area contributed by atoms with Gasteiger partial charge in [-0.3, -0.25) is 4.79 Å². The molecule has 0 aliphatic rings. The molecule has 5 aromatic rings. The number of fused-ring (bicyclic) bond motifs is 1. The smallest absolute Gasteiger partial charge is 0.323 e. The van der Waals surface area contributed by atoms with Gasteiger partial charge in [-0.2, -0.15) is 0 Å². The summed E-state index contributed by atoms with van der Waals surface area (Å²) in [5, 5.41) is 11.5. The number of nitrogen functional groups attached to an aromatic ring is 1. The lowest BCUT2D eigenvalue weighted by Crippen LogP contribution is -2.22. The van der Waals surface area contributed by atoms with Gasteiger partial charge in [-0.1, -0.05) is 24.3 Å². The van der Waals surface area contributed by atoms with E-state index in [4.69, 9.17) is 5.73 Å². The van der Waals surface area contributed by atoms with Gasteiger partial charge in [0.2, 0.25) is 5.91 Å². The van der Waals surface area contributed by atoms with Crippen LogP contribution in [0.1, 0.15) is 17.5 Å². The molecule has 0 atom stereocenters. The van der Waals surface area contributed by atoms with Gasteiger partial charge in [0.15, 0.2) is 0 Å². The monoisotopic (exact) mass is 551 g/mol. The number of nitrogens with zero attached hydrogens (tertiary/aromatic N) is 3. The number of nitrogens with one attached hydrogen (secondary N) is 3. The largest absolute Gasteiger partial charge is 0.383 e. The molecule has 5 rings (SSSR count). The zero-order valence-corrected chi connectivity index (χ0v) is 22.7. The van der Waals surface area contributed by atoms with Crippen molar-refractivity contribution in [3.63, 3.8) is 0 Å². The Morgan fingerprint density at radius 1 is 1.10 bits per heavy atom. The molecule has 0 radical (unpaired) electrons. The topological polar surface area (TPSA) is 127 Å². The van der Waals surface area contributed by atoms with E-state index < -0.39 is 0 Å². The van der Waals surface area contributed by atoms with Crippen molar-refractivity contribution in [1.82, 2.24) is 19.9 Å². The molecule has 3 heterocycles. The Labute approximate surface area is 235 Å². The Balaban J connectivity index is 1.24. The fraction of sp³-hybridized carbons (Fsp3) is 0.133. The Morgan fingerprint density at radius 2 is 1.93 bits per heavy atom. The highest BCUT2D eigenvalue weighted by Crippen LogP contribution is 2.39. The van der Waals surface area contributed by atoms with Crippen molar-refractivity contribution in [2.45, 2.75) is 19.9 Å². The summed E-state index contributed by atoms with van der Waals surface area (Å²) < 4.78 is 2.92. The predicted octanol–water partition coefficient (Wildman–Crippen LogP) is 5.91. The zero-order valence-electron chi connectivity index (χ0n) is 21.9. The third-order valence-electron chi connectivity index (χ3n) is 6.25. The van der Waals surface area contributed by atoms with Crippen molar-refractivity contribution in [3.8, 4) is 11.1 Å². The van der Waals surface area contributed by atoms with Crippen LogP contribution in [0.3, 0.4) is 0 Å². The molecule has 40 heavy (non-hydrogen) atoms.